The minimum absolute atomic E-state index is 0.246. The maximum absolute atomic E-state index is 13.5. The van der Waals surface area contributed by atoms with Gasteiger partial charge in [0.05, 0.1) is 32.8 Å². The number of amides is 2. The molecule has 1 saturated carbocycles. The zero-order valence-electron chi connectivity index (χ0n) is 23.3. The largest absolute Gasteiger partial charge is 0.383 e. The number of rotatable bonds is 5. The summed E-state index contributed by atoms with van der Waals surface area (Å²) in [5.41, 5.74) is 8.28. The Balaban J connectivity index is 1.34. The van der Waals surface area contributed by atoms with Gasteiger partial charge in [0.15, 0.2) is 0 Å². The van der Waals surface area contributed by atoms with Crippen molar-refractivity contribution in [3.63, 3.8) is 0 Å². The second-order valence-electron chi connectivity index (χ2n) is 11.5. The molecule has 2 atom stereocenters. The lowest BCUT2D eigenvalue weighted by Crippen LogP contribution is -2.51. The van der Waals surface area contributed by atoms with E-state index in [1.165, 1.54) is 11.2 Å². The van der Waals surface area contributed by atoms with E-state index in [0.29, 0.717) is 35.8 Å². The van der Waals surface area contributed by atoms with Crippen LogP contribution in [0.5, 0.6) is 0 Å². The van der Waals surface area contributed by atoms with Gasteiger partial charge >= 0.3 is 11.8 Å². The Bertz CT molecular complexity index is 1370. The molecular weight excluding hydrogens is 508 g/mol. The minimum atomic E-state index is -0.656. The number of nitrogens with zero attached hydrogens (tertiary/aromatic N) is 4. The van der Waals surface area contributed by atoms with E-state index in [1.807, 2.05) is 19.1 Å². The minimum Gasteiger partial charge on any atom is -0.383 e. The van der Waals surface area contributed by atoms with Crippen molar-refractivity contribution < 1.29 is 9.59 Å². The number of pyridine rings is 1. The molecule has 0 spiro atoms. The normalized spacial score (nSPS) is 23.7. The highest BCUT2D eigenvalue weighted by molar-refractivity contribution is 7.09. The first-order chi connectivity index (χ1) is 18.7. The number of aromatic nitrogens is 2. The van der Waals surface area contributed by atoms with Crippen molar-refractivity contribution in [3.05, 3.63) is 44.9 Å². The summed E-state index contributed by atoms with van der Waals surface area (Å²) in [6, 6.07) is 1.60. The quantitative estimate of drug-likeness (QED) is 0.556. The van der Waals surface area contributed by atoms with Crippen molar-refractivity contribution in [2.75, 3.05) is 37.7 Å². The van der Waals surface area contributed by atoms with E-state index in [2.05, 4.69) is 41.8 Å². The fraction of sp³-hybridized carbons (Fsp3) is 0.533. The standard InChI is InChI=1S/C30H40N6O2S/c1-5-26-24(34-29(39-26)21-10-12-35(4)13-11-21)14-19(3)25-9-6-18(2)17-36(25)30(38)28(37)33-22-15-23(20-7-8-20)27(31)32-16-22/h5,14-16,18,20-21,25H,3,6-13,17H2,1-2,4H3,(H2,31,32)(H,33,37)/b24-14+,26-5+/t18-,25+/m1/s1. The highest BCUT2D eigenvalue weighted by Gasteiger charge is 2.35. The van der Waals surface area contributed by atoms with E-state index >= 15 is 0 Å². The molecule has 9 heteroatoms. The van der Waals surface area contributed by atoms with Crippen molar-refractivity contribution >= 4 is 46.8 Å². The molecule has 8 nitrogen and oxygen atoms in total. The van der Waals surface area contributed by atoms with E-state index < -0.39 is 11.8 Å². The third-order valence-electron chi connectivity index (χ3n) is 8.27. The first-order valence-corrected chi connectivity index (χ1v) is 14.9. The first-order valence-electron chi connectivity index (χ1n) is 14.1. The summed E-state index contributed by atoms with van der Waals surface area (Å²) in [6.07, 6.45) is 11.8. The summed E-state index contributed by atoms with van der Waals surface area (Å²) in [5, 5.41) is 4.86. The molecule has 2 amide bonds. The highest BCUT2D eigenvalue weighted by Crippen LogP contribution is 2.42. The van der Waals surface area contributed by atoms with Gasteiger partial charge in [0.1, 0.15) is 5.82 Å². The third kappa shape index (κ3) is 6.25. The van der Waals surface area contributed by atoms with Crippen LogP contribution in [0, 0.1) is 5.92 Å². The van der Waals surface area contributed by atoms with E-state index in [1.54, 1.807) is 16.2 Å². The molecule has 3 aliphatic rings. The lowest BCUT2D eigenvalue weighted by molar-refractivity contribution is -0.145. The van der Waals surface area contributed by atoms with E-state index in [9.17, 15) is 9.59 Å². The summed E-state index contributed by atoms with van der Waals surface area (Å²) < 4.78 is 1.13. The van der Waals surface area contributed by atoms with Gasteiger partial charge in [-0.3, -0.25) is 9.59 Å². The monoisotopic (exact) mass is 548 g/mol. The van der Waals surface area contributed by atoms with Crippen LogP contribution in [-0.4, -0.2) is 64.3 Å². The number of nitrogen functional groups attached to an aromatic ring is 1. The number of likely N-dealkylation sites (tertiary alicyclic amines) is 2. The molecule has 2 aromatic heterocycles. The Morgan fingerprint density at radius 3 is 2.59 bits per heavy atom. The molecule has 2 aliphatic heterocycles. The maximum atomic E-state index is 13.5. The second kappa shape index (κ2) is 11.6. The smallest absolute Gasteiger partial charge is 0.313 e. The lowest BCUT2D eigenvalue weighted by Gasteiger charge is -2.38. The van der Waals surface area contributed by atoms with Crippen LogP contribution < -0.4 is 20.9 Å². The molecule has 0 bridgehead atoms. The van der Waals surface area contributed by atoms with E-state index in [-0.39, 0.29) is 6.04 Å². The van der Waals surface area contributed by atoms with Crippen molar-refractivity contribution in [1.82, 2.24) is 19.8 Å². The number of carbonyl (C=O) groups is 2. The molecule has 208 valence electrons. The van der Waals surface area contributed by atoms with Gasteiger partial charge in [0.2, 0.25) is 0 Å². The van der Waals surface area contributed by atoms with Crippen LogP contribution in [0.25, 0.3) is 12.2 Å². The number of nitrogens with two attached hydrogens (primary N) is 1. The Labute approximate surface area is 234 Å². The second-order valence-corrected chi connectivity index (χ2v) is 12.5. The number of carbonyl (C=O) groups excluding carboxylic acids is 2. The molecule has 4 heterocycles. The van der Waals surface area contributed by atoms with Gasteiger partial charge in [0.25, 0.3) is 0 Å². The van der Waals surface area contributed by atoms with Crippen molar-refractivity contribution in [2.24, 2.45) is 5.92 Å². The molecule has 2 aromatic rings. The van der Waals surface area contributed by atoms with Crippen LogP contribution in [-0.2, 0) is 9.59 Å². The predicted octanol–water partition coefficient (Wildman–Crippen LogP) is 3.21. The predicted molar refractivity (Wildman–Crippen MR) is 158 cm³/mol. The molecule has 3 fully saturated rings. The molecule has 3 N–H and O–H groups in total. The first kappa shape index (κ1) is 27.5. The molecule has 0 radical (unpaired) electrons. The molecule has 2 saturated heterocycles. The summed E-state index contributed by atoms with van der Waals surface area (Å²) in [4.78, 5) is 39.9. The zero-order chi connectivity index (χ0) is 27.7. The molecule has 39 heavy (non-hydrogen) atoms. The van der Waals surface area contributed by atoms with Gasteiger partial charge in [-0.25, -0.2) is 9.97 Å². The van der Waals surface area contributed by atoms with Crippen molar-refractivity contribution in [3.8, 4) is 0 Å². The number of piperidine rings is 2. The van der Waals surface area contributed by atoms with Gasteiger partial charge in [-0.2, -0.15) is 0 Å². The van der Waals surface area contributed by atoms with Gasteiger partial charge in [-0.1, -0.05) is 19.6 Å². The van der Waals surface area contributed by atoms with Crippen LogP contribution in [0.15, 0.2) is 24.4 Å². The fourth-order valence-corrected chi connectivity index (χ4v) is 6.83. The highest BCUT2D eigenvalue weighted by atomic mass is 32.1. The molecular formula is C30H40N6O2S. The fourth-order valence-electron chi connectivity index (χ4n) is 5.73. The summed E-state index contributed by atoms with van der Waals surface area (Å²) in [5.74, 6) is 0.478. The number of anilines is 2. The van der Waals surface area contributed by atoms with Gasteiger partial charge in [-0.15, -0.1) is 11.3 Å². The van der Waals surface area contributed by atoms with Crippen LogP contribution >= 0.6 is 11.3 Å². The average molecular weight is 549 g/mol. The van der Waals surface area contributed by atoms with Crippen LogP contribution in [0.1, 0.15) is 74.8 Å². The van der Waals surface area contributed by atoms with E-state index in [0.717, 1.165) is 72.6 Å². The number of thiazole rings is 1. The molecule has 1 aliphatic carbocycles. The summed E-state index contributed by atoms with van der Waals surface area (Å²) >= 11 is 1.76. The molecule has 0 aromatic carbocycles. The lowest BCUT2D eigenvalue weighted by atomic mass is 9.90. The Morgan fingerprint density at radius 2 is 1.90 bits per heavy atom. The maximum Gasteiger partial charge on any atom is 0.313 e. The topological polar surface area (TPSA) is 104 Å². The number of nitrogens with one attached hydrogen (secondary N) is 1. The molecule has 5 rings (SSSR count). The summed E-state index contributed by atoms with van der Waals surface area (Å²) in [7, 11) is 2.17. The van der Waals surface area contributed by atoms with Gasteiger partial charge in [-0.05, 0) is 101 Å². The summed E-state index contributed by atoms with van der Waals surface area (Å²) in [6.45, 7) is 11.2. The van der Waals surface area contributed by atoms with Crippen LogP contribution in [0.2, 0.25) is 0 Å². The SMILES string of the molecule is C=C(/C=c1/nc(C2CCN(C)CC2)s/c1=C/C)[C@@H]1CC[C@@H](C)CN1C(=O)C(=O)Nc1cnc(N)c(C2CC2)c1. The Morgan fingerprint density at radius 1 is 1.15 bits per heavy atom. The number of hydrogen-bond acceptors (Lipinski definition) is 7. The zero-order valence-corrected chi connectivity index (χ0v) is 24.1. The van der Waals surface area contributed by atoms with Crippen molar-refractivity contribution in [2.45, 2.75) is 70.3 Å². The van der Waals surface area contributed by atoms with Crippen LogP contribution in [0.3, 0.4) is 0 Å². The van der Waals surface area contributed by atoms with Gasteiger partial charge < -0.3 is 20.9 Å². The van der Waals surface area contributed by atoms with Crippen molar-refractivity contribution in [1.29, 1.82) is 0 Å². The Kier molecular flexibility index (Phi) is 8.19. The van der Waals surface area contributed by atoms with E-state index in [4.69, 9.17) is 10.7 Å². The van der Waals surface area contributed by atoms with Gasteiger partial charge in [0, 0.05) is 12.5 Å². The molecule has 0 unspecified atom stereocenters. The Hall–Kier alpha value is -3.04. The van der Waals surface area contributed by atoms with Crippen LogP contribution in [0.4, 0.5) is 11.5 Å². The average Bonchev–Trinajstić information content (AvgIpc) is 3.69. The third-order valence-corrected chi connectivity index (χ3v) is 9.57. The number of hydrogen-bond donors (Lipinski definition) is 2.